The maximum absolute atomic E-state index is 5.78. The molecule has 0 radical (unpaired) electrons. The maximum Gasteiger partial charge on any atom is 0.0265 e. The van der Waals surface area contributed by atoms with Gasteiger partial charge in [-0.2, -0.15) is 0 Å². The van der Waals surface area contributed by atoms with Crippen molar-refractivity contribution in [3.05, 3.63) is 0 Å². The molecule has 3 atom stereocenters. The van der Waals surface area contributed by atoms with Crippen molar-refractivity contribution in [2.24, 2.45) is 11.7 Å². The lowest BCUT2D eigenvalue weighted by Gasteiger charge is -1.97. The zero-order valence-corrected chi connectivity index (χ0v) is 5.64. The van der Waals surface area contributed by atoms with Gasteiger partial charge in [0.15, 0.2) is 0 Å². The Morgan fingerprint density at radius 3 is 3.11 bits per heavy atom. The summed E-state index contributed by atoms with van der Waals surface area (Å²) in [5.74, 6) is 0.826. The molecule has 1 heterocycles. The molecular formula is C7H14N2. The normalized spacial score (nSPS) is 49.7. The summed E-state index contributed by atoms with van der Waals surface area (Å²) in [5.41, 5.74) is 5.78. The monoisotopic (exact) mass is 126 g/mol. The molecule has 0 aromatic carbocycles. The van der Waals surface area contributed by atoms with E-state index in [9.17, 15) is 0 Å². The van der Waals surface area contributed by atoms with E-state index in [0.717, 1.165) is 5.92 Å². The molecule has 2 fully saturated rings. The molecule has 1 saturated carbocycles. The molecule has 1 aliphatic heterocycles. The summed E-state index contributed by atoms with van der Waals surface area (Å²) in [7, 11) is 0. The van der Waals surface area contributed by atoms with Crippen LogP contribution in [-0.4, -0.2) is 18.6 Å². The fraction of sp³-hybridized carbons (Fsp3) is 1.00. The first kappa shape index (κ1) is 5.69. The van der Waals surface area contributed by atoms with Crippen LogP contribution in [0, 0.1) is 5.92 Å². The van der Waals surface area contributed by atoms with Crippen molar-refractivity contribution in [3.63, 3.8) is 0 Å². The Morgan fingerprint density at radius 1 is 1.33 bits per heavy atom. The van der Waals surface area contributed by atoms with Gasteiger partial charge in [-0.1, -0.05) is 6.42 Å². The van der Waals surface area contributed by atoms with Crippen LogP contribution in [-0.2, 0) is 0 Å². The van der Waals surface area contributed by atoms with E-state index in [-0.39, 0.29) is 0 Å². The first-order valence-electron chi connectivity index (χ1n) is 3.88. The van der Waals surface area contributed by atoms with Crippen molar-refractivity contribution in [2.75, 3.05) is 6.54 Å². The van der Waals surface area contributed by atoms with Crippen molar-refractivity contribution in [3.8, 4) is 0 Å². The lowest BCUT2D eigenvalue weighted by atomic mass is 10.2. The molecule has 2 aliphatic rings. The van der Waals surface area contributed by atoms with Crippen molar-refractivity contribution in [1.29, 1.82) is 0 Å². The predicted octanol–water partition coefficient (Wildman–Crippen LogP) is 0.0856. The number of hydrogen-bond acceptors (Lipinski definition) is 2. The molecule has 9 heavy (non-hydrogen) atoms. The number of nitrogens with two attached hydrogens (primary N) is 1. The average molecular weight is 126 g/mol. The van der Waals surface area contributed by atoms with Crippen LogP contribution in [0.15, 0.2) is 0 Å². The summed E-state index contributed by atoms with van der Waals surface area (Å²) in [6.07, 6.45) is 4.08. The Balaban J connectivity index is 1.93. The highest BCUT2D eigenvalue weighted by Gasteiger charge is 2.46. The number of nitrogens with one attached hydrogen (secondary N) is 1. The minimum Gasteiger partial charge on any atom is -0.326 e. The van der Waals surface area contributed by atoms with E-state index in [1.807, 2.05) is 0 Å². The summed E-state index contributed by atoms with van der Waals surface area (Å²) in [6.45, 7) is 1.19. The fourth-order valence-corrected chi connectivity index (χ4v) is 1.83. The van der Waals surface area contributed by atoms with Crippen LogP contribution in [0.4, 0.5) is 0 Å². The second-order valence-corrected chi connectivity index (χ2v) is 3.22. The SMILES string of the molecule is N[C@@H]1[C@@H]2CCCCN[C@H]12. The highest BCUT2D eigenvalue weighted by molar-refractivity contribution is 5.07. The fourth-order valence-electron chi connectivity index (χ4n) is 1.83. The van der Waals surface area contributed by atoms with Crippen molar-refractivity contribution >= 4 is 0 Å². The molecule has 52 valence electrons. The summed E-state index contributed by atoms with van der Waals surface area (Å²) in [4.78, 5) is 0. The number of hydrogen-bond donors (Lipinski definition) is 2. The van der Waals surface area contributed by atoms with Crippen LogP contribution in [0.5, 0.6) is 0 Å². The summed E-state index contributed by atoms with van der Waals surface area (Å²) in [5, 5.41) is 3.44. The van der Waals surface area contributed by atoms with E-state index in [1.165, 1.54) is 25.8 Å². The van der Waals surface area contributed by atoms with E-state index in [2.05, 4.69) is 5.32 Å². The largest absolute Gasteiger partial charge is 0.326 e. The van der Waals surface area contributed by atoms with E-state index in [4.69, 9.17) is 5.73 Å². The Kier molecular flexibility index (Phi) is 1.24. The van der Waals surface area contributed by atoms with Gasteiger partial charge in [0.2, 0.25) is 0 Å². The average Bonchev–Trinajstić information content (AvgIpc) is 2.51. The molecule has 0 spiro atoms. The first-order valence-corrected chi connectivity index (χ1v) is 3.88. The van der Waals surface area contributed by atoms with Gasteiger partial charge in [0.1, 0.15) is 0 Å². The molecule has 1 aliphatic carbocycles. The highest BCUT2D eigenvalue weighted by atomic mass is 15.0. The zero-order valence-electron chi connectivity index (χ0n) is 5.64. The van der Waals surface area contributed by atoms with E-state index in [1.54, 1.807) is 0 Å². The molecule has 0 amide bonds. The van der Waals surface area contributed by atoms with Crippen LogP contribution in [0.25, 0.3) is 0 Å². The smallest absolute Gasteiger partial charge is 0.0265 e. The predicted molar refractivity (Wildman–Crippen MR) is 37.1 cm³/mol. The molecular weight excluding hydrogens is 112 g/mol. The van der Waals surface area contributed by atoms with E-state index >= 15 is 0 Å². The summed E-state index contributed by atoms with van der Waals surface area (Å²) in [6, 6.07) is 1.18. The van der Waals surface area contributed by atoms with Gasteiger partial charge in [-0.15, -0.1) is 0 Å². The van der Waals surface area contributed by atoms with E-state index in [0.29, 0.717) is 12.1 Å². The molecule has 0 aromatic rings. The van der Waals surface area contributed by atoms with E-state index < -0.39 is 0 Å². The van der Waals surface area contributed by atoms with Crippen LogP contribution < -0.4 is 11.1 Å². The quantitative estimate of drug-likeness (QED) is 0.482. The van der Waals surface area contributed by atoms with Gasteiger partial charge in [0.05, 0.1) is 0 Å². The minimum absolute atomic E-state index is 0.491. The Morgan fingerprint density at radius 2 is 2.22 bits per heavy atom. The molecule has 2 rings (SSSR count). The van der Waals surface area contributed by atoms with Gasteiger partial charge >= 0.3 is 0 Å². The highest BCUT2D eigenvalue weighted by Crippen LogP contribution is 2.35. The third-order valence-corrected chi connectivity index (χ3v) is 2.57. The number of rotatable bonds is 0. The molecule has 0 aromatic heterocycles. The van der Waals surface area contributed by atoms with Gasteiger partial charge in [-0.05, 0) is 25.3 Å². The molecule has 2 nitrogen and oxygen atoms in total. The molecule has 0 bridgehead atoms. The van der Waals surface area contributed by atoms with Gasteiger partial charge in [0.25, 0.3) is 0 Å². The molecule has 1 saturated heterocycles. The Hall–Kier alpha value is -0.0800. The van der Waals surface area contributed by atoms with Crippen LogP contribution in [0.2, 0.25) is 0 Å². The second-order valence-electron chi connectivity index (χ2n) is 3.22. The topological polar surface area (TPSA) is 38.0 Å². The second kappa shape index (κ2) is 1.96. The van der Waals surface area contributed by atoms with Crippen LogP contribution >= 0.6 is 0 Å². The Bertz CT molecular complexity index is 101. The molecule has 0 unspecified atom stereocenters. The first-order chi connectivity index (χ1) is 4.39. The third kappa shape index (κ3) is 0.864. The molecule has 2 heteroatoms. The summed E-state index contributed by atoms with van der Waals surface area (Å²) >= 11 is 0. The van der Waals surface area contributed by atoms with Gasteiger partial charge in [-0.25, -0.2) is 0 Å². The van der Waals surface area contributed by atoms with Crippen molar-refractivity contribution in [2.45, 2.75) is 31.3 Å². The summed E-state index contributed by atoms with van der Waals surface area (Å²) < 4.78 is 0. The van der Waals surface area contributed by atoms with Crippen molar-refractivity contribution < 1.29 is 0 Å². The van der Waals surface area contributed by atoms with Crippen LogP contribution in [0.1, 0.15) is 19.3 Å². The van der Waals surface area contributed by atoms with Gasteiger partial charge in [-0.3, -0.25) is 0 Å². The Labute approximate surface area is 55.8 Å². The van der Waals surface area contributed by atoms with Gasteiger partial charge in [0, 0.05) is 12.1 Å². The standard InChI is InChI=1S/C7H14N2/c8-6-5-3-1-2-4-9-7(5)6/h5-7,9H,1-4,8H2/t5-,6+,7-/m0/s1. The lowest BCUT2D eigenvalue weighted by Crippen LogP contribution is -2.23. The zero-order chi connectivity index (χ0) is 6.27. The third-order valence-electron chi connectivity index (χ3n) is 2.57. The number of fused-ring (bicyclic) bond motifs is 1. The maximum atomic E-state index is 5.78. The lowest BCUT2D eigenvalue weighted by molar-refractivity contribution is 0.629. The minimum atomic E-state index is 0.491. The van der Waals surface area contributed by atoms with Crippen LogP contribution in [0.3, 0.4) is 0 Å². The van der Waals surface area contributed by atoms with Gasteiger partial charge < -0.3 is 11.1 Å². The molecule has 3 N–H and O–H groups in total. The van der Waals surface area contributed by atoms with Crippen molar-refractivity contribution in [1.82, 2.24) is 5.32 Å².